The molecule has 1 saturated heterocycles. The Morgan fingerprint density at radius 3 is 2.67 bits per heavy atom. The SMILES string of the molecule is C[C@H]1CN(O)C(=O)[C@]1(C)CCO. The summed E-state index contributed by atoms with van der Waals surface area (Å²) in [6, 6.07) is 0. The minimum atomic E-state index is -0.580. The Balaban J connectivity index is 2.80. The lowest BCUT2D eigenvalue weighted by Crippen LogP contribution is -2.33. The predicted molar refractivity (Wildman–Crippen MR) is 42.5 cm³/mol. The Bertz CT molecular complexity index is 195. The van der Waals surface area contributed by atoms with Gasteiger partial charge in [0.1, 0.15) is 0 Å². The van der Waals surface area contributed by atoms with E-state index in [0.717, 1.165) is 5.06 Å². The maximum Gasteiger partial charge on any atom is 0.252 e. The van der Waals surface area contributed by atoms with Crippen LogP contribution < -0.4 is 0 Å². The smallest absolute Gasteiger partial charge is 0.252 e. The minimum absolute atomic E-state index is 0.0135. The van der Waals surface area contributed by atoms with E-state index in [1.807, 2.05) is 6.92 Å². The van der Waals surface area contributed by atoms with Crippen LogP contribution >= 0.6 is 0 Å². The maximum absolute atomic E-state index is 11.4. The van der Waals surface area contributed by atoms with Gasteiger partial charge in [0, 0.05) is 6.61 Å². The Hall–Kier alpha value is -0.610. The van der Waals surface area contributed by atoms with Gasteiger partial charge in [-0.25, -0.2) is 5.06 Å². The van der Waals surface area contributed by atoms with Crippen LogP contribution in [0.4, 0.5) is 0 Å². The lowest BCUT2D eigenvalue weighted by molar-refractivity contribution is -0.164. The third-order valence-corrected chi connectivity index (χ3v) is 2.89. The molecule has 1 aliphatic heterocycles. The van der Waals surface area contributed by atoms with Crippen LogP contribution in [0.1, 0.15) is 20.3 Å². The number of amides is 1. The molecule has 1 heterocycles. The zero-order chi connectivity index (χ0) is 9.35. The van der Waals surface area contributed by atoms with E-state index < -0.39 is 5.41 Å². The van der Waals surface area contributed by atoms with E-state index in [1.54, 1.807) is 6.92 Å². The predicted octanol–water partition coefficient (Wildman–Crippen LogP) is 0.243. The van der Waals surface area contributed by atoms with Crippen molar-refractivity contribution < 1.29 is 15.1 Å². The molecule has 0 radical (unpaired) electrons. The molecule has 1 fully saturated rings. The fourth-order valence-electron chi connectivity index (χ4n) is 1.63. The Morgan fingerprint density at radius 2 is 2.33 bits per heavy atom. The van der Waals surface area contributed by atoms with Crippen molar-refractivity contribution in [2.24, 2.45) is 11.3 Å². The second-order valence-corrected chi connectivity index (χ2v) is 3.68. The summed E-state index contributed by atoms with van der Waals surface area (Å²) in [5.74, 6) is -0.175. The zero-order valence-electron chi connectivity index (χ0n) is 7.45. The fourth-order valence-corrected chi connectivity index (χ4v) is 1.63. The van der Waals surface area contributed by atoms with Gasteiger partial charge in [0.25, 0.3) is 5.91 Å². The van der Waals surface area contributed by atoms with Crippen molar-refractivity contribution in [3.05, 3.63) is 0 Å². The number of carbonyl (C=O) groups is 1. The minimum Gasteiger partial charge on any atom is -0.396 e. The number of hydroxylamine groups is 2. The van der Waals surface area contributed by atoms with Gasteiger partial charge in [-0.1, -0.05) is 13.8 Å². The van der Waals surface area contributed by atoms with Crippen molar-refractivity contribution >= 4 is 5.91 Å². The van der Waals surface area contributed by atoms with Gasteiger partial charge in [0.15, 0.2) is 0 Å². The molecular weight excluding hydrogens is 158 g/mol. The molecular formula is C8H15NO3. The monoisotopic (exact) mass is 173 g/mol. The largest absolute Gasteiger partial charge is 0.396 e. The molecule has 0 spiro atoms. The summed E-state index contributed by atoms with van der Waals surface area (Å²) in [7, 11) is 0. The number of hydrogen-bond donors (Lipinski definition) is 2. The van der Waals surface area contributed by atoms with Crippen molar-refractivity contribution in [2.45, 2.75) is 20.3 Å². The molecule has 0 aromatic heterocycles. The zero-order valence-corrected chi connectivity index (χ0v) is 7.45. The van der Waals surface area contributed by atoms with Crippen molar-refractivity contribution in [1.82, 2.24) is 5.06 Å². The first-order valence-corrected chi connectivity index (χ1v) is 4.14. The standard InChI is InChI=1S/C8H15NO3/c1-6-5-9(12)7(11)8(6,2)3-4-10/h6,10,12H,3-5H2,1-2H3/t6-,8+/m0/s1. The van der Waals surface area contributed by atoms with Crippen LogP contribution in [0.25, 0.3) is 0 Å². The Kier molecular flexibility index (Phi) is 2.39. The van der Waals surface area contributed by atoms with Crippen LogP contribution in [0.2, 0.25) is 0 Å². The van der Waals surface area contributed by atoms with Crippen LogP contribution in [0.3, 0.4) is 0 Å². The topological polar surface area (TPSA) is 60.8 Å². The number of aliphatic hydroxyl groups is 1. The third-order valence-electron chi connectivity index (χ3n) is 2.89. The average molecular weight is 173 g/mol. The number of carbonyl (C=O) groups excluding carboxylic acids is 1. The summed E-state index contributed by atoms with van der Waals surface area (Å²) in [4.78, 5) is 11.4. The molecule has 0 bridgehead atoms. The molecule has 12 heavy (non-hydrogen) atoms. The summed E-state index contributed by atoms with van der Waals surface area (Å²) in [5, 5.41) is 18.6. The van der Waals surface area contributed by atoms with Crippen LogP contribution in [0.15, 0.2) is 0 Å². The molecule has 2 atom stereocenters. The van der Waals surface area contributed by atoms with Gasteiger partial charge in [-0.3, -0.25) is 10.0 Å². The van der Waals surface area contributed by atoms with E-state index in [-0.39, 0.29) is 18.4 Å². The van der Waals surface area contributed by atoms with Crippen LogP contribution in [0, 0.1) is 11.3 Å². The molecule has 1 amide bonds. The van der Waals surface area contributed by atoms with Crippen molar-refractivity contribution in [3.63, 3.8) is 0 Å². The summed E-state index contributed by atoms with van der Waals surface area (Å²) in [6.07, 6.45) is 0.421. The fraction of sp³-hybridized carbons (Fsp3) is 0.875. The van der Waals surface area contributed by atoms with E-state index in [1.165, 1.54) is 0 Å². The van der Waals surface area contributed by atoms with E-state index >= 15 is 0 Å². The first-order valence-electron chi connectivity index (χ1n) is 4.14. The van der Waals surface area contributed by atoms with Gasteiger partial charge in [-0.2, -0.15) is 0 Å². The molecule has 70 valence electrons. The maximum atomic E-state index is 11.4. The Labute approximate surface area is 71.8 Å². The van der Waals surface area contributed by atoms with Gasteiger partial charge in [-0.15, -0.1) is 0 Å². The summed E-state index contributed by atoms with van der Waals surface area (Å²) in [5.41, 5.74) is -0.580. The highest BCUT2D eigenvalue weighted by Crippen LogP contribution is 2.38. The number of nitrogens with zero attached hydrogens (tertiary/aromatic N) is 1. The van der Waals surface area contributed by atoms with Crippen molar-refractivity contribution in [3.8, 4) is 0 Å². The molecule has 0 aromatic carbocycles. The van der Waals surface area contributed by atoms with Crippen LogP contribution in [0.5, 0.6) is 0 Å². The van der Waals surface area contributed by atoms with E-state index in [2.05, 4.69) is 0 Å². The van der Waals surface area contributed by atoms with Gasteiger partial charge < -0.3 is 5.11 Å². The normalized spacial score (nSPS) is 36.2. The summed E-state index contributed by atoms with van der Waals surface area (Å²) < 4.78 is 0. The molecule has 0 aromatic rings. The molecule has 1 aliphatic rings. The van der Waals surface area contributed by atoms with Gasteiger partial charge in [-0.05, 0) is 12.3 Å². The van der Waals surface area contributed by atoms with Crippen LogP contribution in [-0.2, 0) is 4.79 Å². The highest BCUT2D eigenvalue weighted by molar-refractivity contribution is 5.83. The van der Waals surface area contributed by atoms with Crippen molar-refractivity contribution in [1.29, 1.82) is 0 Å². The lowest BCUT2D eigenvalue weighted by atomic mass is 9.78. The molecule has 1 rings (SSSR count). The first kappa shape index (κ1) is 9.48. The molecule has 4 nitrogen and oxygen atoms in total. The number of hydrogen-bond acceptors (Lipinski definition) is 3. The highest BCUT2D eigenvalue weighted by Gasteiger charge is 2.47. The van der Waals surface area contributed by atoms with Crippen molar-refractivity contribution in [2.75, 3.05) is 13.2 Å². The first-order chi connectivity index (χ1) is 5.52. The van der Waals surface area contributed by atoms with E-state index in [4.69, 9.17) is 10.3 Å². The second kappa shape index (κ2) is 3.03. The molecule has 2 N–H and O–H groups in total. The second-order valence-electron chi connectivity index (χ2n) is 3.68. The Morgan fingerprint density at radius 1 is 1.75 bits per heavy atom. The molecule has 0 saturated carbocycles. The van der Waals surface area contributed by atoms with Gasteiger partial charge in [0.05, 0.1) is 12.0 Å². The summed E-state index contributed by atoms with van der Waals surface area (Å²) in [6.45, 7) is 4.05. The highest BCUT2D eigenvalue weighted by atomic mass is 16.5. The molecule has 4 heteroatoms. The number of aliphatic hydroxyl groups excluding tert-OH is 1. The lowest BCUT2D eigenvalue weighted by Gasteiger charge is -2.24. The van der Waals surface area contributed by atoms with Crippen LogP contribution in [-0.4, -0.2) is 34.4 Å². The third kappa shape index (κ3) is 1.21. The van der Waals surface area contributed by atoms with Gasteiger partial charge in [0.2, 0.25) is 0 Å². The van der Waals surface area contributed by atoms with E-state index in [9.17, 15) is 4.79 Å². The summed E-state index contributed by atoms with van der Waals surface area (Å²) >= 11 is 0. The van der Waals surface area contributed by atoms with Gasteiger partial charge >= 0.3 is 0 Å². The molecule has 0 unspecified atom stereocenters. The molecule has 0 aliphatic carbocycles. The number of rotatable bonds is 2. The van der Waals surface area contributed by atoms with E-state index in [0.29, 0.717) is 13.0 Å². The average Bonchev–Trinajstić information content (AvgIpc) is 2.17. The quantitative estimate of drug-likeness (QED) is 0.588.